The molecule has 18 heavy (non-hydrogen) atoms. The zero-order valence-corrected chi connectivity index (χ0v) is 10.3. The molecule has 2 rings (SSSR count). The Bertz CT molecular complexity index is 515. The summed E-state index contributed by atoms with van der Waals surface area (Å²) < 4.78 is 10.8. The van der Waals surface area contributed by atoms with E-state index in [9.17, 15) is 0 Å². The molecule has 94 valence electrons. The molecule has 0 aliphatic rings. The molecule has 0 atom stereocenters. The van der Waals surface area contributed by atoms with Gasteiger partial charge in [0.25, 0.3) is 0 Å². The van der Waals surface area contributed by atoms with E-state index in [-0.39, 0.29) is 0 Å². The van der Waals surface area contributed by atoms with Gasteiger partial charge in [0, 0.05) is 19.7 Å². The van der Waals surface area contributed by atoms with E-state index in [2.05, 4.69) is 4.98 Å². The Hall–Kier alpha value is -1.91. The third-order valence-corrected chi connectivity index (χ3v) is 2.42. The van der Waals surface area contributed by atoms with Crippen LogP contribution in [-0.2, 0) is 17.9 Å². The highest BCUT2D eigenvalue weighted by Gasteiger charge is 2.01. The Kier molecular flexibility index (Phi) is 4.28. The first-order valence-electron chi connectivity index (χ1n) is 5.73. The van der Waals surface area contributed by atoms with E-state index in [1.165, 1.54) is 0 Å². The lowest BCUT2D eigenvalue weighted by Crippen LogP contribution is -2.00. The second kappa shape index (κ2) is 6.14. The van der Waals surface area contributed by atoms with E-state index in [1.54, 1.807) is 7.11 Å². The van der Waals surface area contributed by atoms with Gasteiger partial charge in [-0.15, -0.1) is 0 Å². The van der Waals surface area contributed by atoms with Gasteiger partial charge in [-0.2, -0.15) is 0 Å². The summed E-state index contributed by atoms with van der Waals surface area (Å²) in [5.41, 5.74) is 7.41. The minimum Gasteiger partial charge on any atom is -0.439 e. The first kappa shape index (κ1) is 12.5. The Morgan fingerprint density at radius 3 is 2.78 bits per heavy atom. The van der Waals surface area contributed by atoms with Crippen molar-refractivity contribution in [2.24, 2.45) is 5.73 Å². The summed E-state index contributed by atoms with van der Waals surface area (Å²) in [6, 6.07) is 13.3. The van der Waals surface area contributed by atoms with Crippen molar-refractivity contribution in [1.29, 1.82) is 0 Å². The molecule has 0 aliphatic heterocycles. The highest BCUT2D eigenvalue weighted by molar-refractivity contribution is 5.31. The van der Waals surface area contributed by atoms with Crippen LogP contribution < -0.4 is 10.5 Å². The van der Waals surface area contributed by atoms with Crippen LogP contribution in [0.1, 0.15) is 11.3 Å². The molecule has 0 fully saturated rings. The standard InChI is InChI=1S/C14H16N2O2/c1-17-10-11-4-2-6-13(8-11)18-14-7-3-5-12(9-15)16-14/h2-8H,9-10,15H2,1H3. The van der Waals surface area contributed by atoms with Crippen molar-refractivity contribution in [3.05, 3.63) is 53.7 Å². The lowest BCUT2D eigenvalue weighted by atomic mass is 10.2. The van der Waals surface area contributed by atoms with Gasteiger partial charge in [-0.3, -0.25) is 0 Å². The van der Waals surface area contributed by atoms with Gasteiger partial charge in [0.05, 0.1) is 12.3 Å². The Balaban J connectivity index is 2.14. The quantitative estimate of drug-likeness (QED) is 0.877. The highest BCUT2D eigenvalue weighted by Crippen LogP contribution is 2.20. The third-order valence-electron chi connectivity index (χ3n) is 2.42. The van der Waals surface area contributed by atoms with Crippen molar-refractivity contribution in [1.82, 2.24) is 4.98 Å². The maximum absolute atomic E-state index is 5.69. The second-order valence-electron chi connectivity index (χ2n) is 3.85. The molecule has 0 saturated heterocycles. The number of nitrogens with zero attached hydrogens (tertiary/aromatic N) is 1. The third kappa shape index (κ3) is 3.29. The number of nitrogens with two attached hydrogens (primary N) is 1. The highest BCUT2D eigenvalue weighted by atomic mass is 16.5. The van der Waals surface area contributed by atoms with E-state index in [1.807, 2.05) is 42.5 Å². The van der Waals surface area contributed by atoms with Crippen LogP contribution in [0.3, 0.4) is 0 Å². The number of rotatable bonds is 5. The molecular formula is C14H16N2O2. The van der Waals surface area contributed by atoms with Crippen LogP contribution >= 0.6 is 0 Å². The SMILES string of the molecule is COCc1cccc(Oc2cccc(CN)n2)c1. The lowest BCUT2D eigenvalue weighted by molar-refractivity contribution is 0.184. The smallest absolute Gasteiger partial charge is 0.219 e. The van der Waals surface area contributed by atoms with Gasteiger partial charge in [0.1, 0.15) is 5.75 Å². The Morgan fingerprint density at radius 2 is 2.00 bits per heavy atom. The zero-order chi connectivity index (χ0) is 12.8. The summed E-state index contributed by atoms with van der Waals surface area (Å²) in [6.45, 7) is 0.967. The average Bonchev–Trinajstić information content (AvgIpc) is 2.40. The van der Waals surface area contributed by atoms with Gasteiger partial charge in [0.15, 0.2) is 0 Å². The molecule has 2 aromatic rings. The molecule has 0 saturated carbocycles. The van der Waals surface area contributed by atoms with E-state index in [0.29, 0.717) is 19.0 Å². The van der Waals surface area contributed by atoms with Crippen molar-refractivity contribution in [3.8, 4) is 11.6 Å². The number of hydrogen-bond donors (Lipinski definition) is 1. The van der Waals surface area contributed by atoms with Gasteiger partial charge in [-0.1, -0.05) is 18.2 Å². The molecule has 4 nitrogen and oxygen atoms in total. The fourth-order valence-corrected chi connectivity index (χ4v) is 1.61. The van der Waals surface area contributed by atoms with E-state index >= 15 is 0 Å². The molecule has 1 heterocycles. The van der Waals surface area contributed by atoms with Crippen LogP contribution in [0, 0.1) is 0 Å². The normalized spacial score (nSPS) is 10.3. The van der Waals surface area contributed by atoms with Crippen LogP contribution in [0.15, 0.2) is 42.5 Å². The fourth-order valence-electron chi connectivity index (χ4n) is 1.61. The van der Waals surface area contributed by atoms with Crippen molar-refractivity contribution in [2.75, 3.05) is 7.11 Å². The lowest BCUT2D eigenvalue weighted by Gasteiger charge is -2.07. The largest absolute Gasteiger partial charge is 0.439 e. The summed E-state index contributed by atoms with van der Waals surface area (Å²) in [7, 11) is 1.67. The minimum atomic E-state index is 0.404. The molecule has 0 unspecified atom stereocenters. The number of ether oxygens (including phenoxy) is 2. The average molecular weight is 244 g/mol. The molecule has 0 spiro atoms. The van der Waals surface area contributed by atoms with E-state index in [4.69, 9.17) is 15.2 Å². The van der Waals surface area contributed by atoms with Crippen LogP contribution in [-0.4, -0.2) is 12.1 Å². The van der Waals surface area contributed by atoms with E-state index < -0.39 is 0 Å². The Labute approximate surface area is 106 Å². The number of methoxy groups -OCH3 is 1. The molecule has 1 aromatic carbocycles. The zero-order valence-electron chi connectivity index (χ0n) is 10.3. The maximum Gasteiger partial charge on any atom is 0.219 e. The molecule has 1 aromatic heterocycles. The summed E-state index contributed by atoms with van der Waals surface area (Å²) in [6.07, 6.45) is 0. The van der Waals surface area contributed by atoms with Gasteiger partial charge in [0.2, 0.25) is 5.88 Å². The maximum atomic E-state index is 5.69. The fraction of sp³-hybridized carbons (Fsp3) is 0.214. The van der Waals surface area contributed by atoms with Crippen LogP contribution in [0.5, 0.6) is 11.6 Å². The number of pyridine rings is 1. The number of benzene rings is 1. The van der Waals surface area contributed by atoms with Crippen molar-refractivity contribution < 1.29 is 9.47 Å². The van der Waals surface area contributed by atoms with Gasteiger partial charge < -0.3 is 15.2 Å². The second-order valence-corrected chi connectivity index (χ2v) is 3.85. The van der Waals surface area contributed by atoms with Gasteiger partial charge in [-0.05, 0) is 23.8 Å². The van der Waals surface area contributed by atoms with Crippen molar-refractivity contribution >= 4 is 0 Å². The predicted octanol–water partition coefficient (Wildman–Crippen LogP) is 2.48. The topological polar surface area (TPSA) is 57.4 Å². The molecular weight excluding hydrogens is 228 g/mol. The van der Waals surface area contributed by atoms with Crippen molar-refractivity contribution in [2.45, 2.75) is 13.2 Å². The minimum absolute atomic E-state index is 0.404. The number of aromatic nitrogens is 1. The van der Waals surface area contributed by atoms with Crippen LogP contribution in [0.2, 0.25) is 0 Å². The van der Waals surface area contributed by atoms with Crippen LogP contribution in [0.4, 0.5) is 0 Å². The first-order valence-corrected chi connectivity index (χ1v) is 5.73. The first-order chi connectivity index (χ1) is 8.81. The van der Waals surface area contributed by atoms with Gasteiger partial charge >= 0.3 is 0 Å². The Morgan fingerprint density at radius 1 is 1.17 bits per heavy atom. The molecule has 4 heteroatoms. The molecule has 2 N–H and O–H groups in total. The monoisotopic (exact) mass is 244 g/mol. The molecule has 0 radical (unpaired) electrons. The predicted molar refractivity (Wildman–Crippen MR) is 69.4 cm³/mol. The van der Waals surface area contributed by atoms with Gasteiger partial charge in [-0.25, -0.2) is 4.98 Å². The van der Waals surface area contributed by atoms with E-state index in [0.717, 1.165) is 17.0 Å². The summed E-state index contributed by atoms with van der Waals surface area (Å²) in [5, 5.41) is 0. The summed E-state index contributed by atoms with van der Waals surface area (Å²) >= 11 is 0. The molecule has 0 amide bonds. The summed E-state index contributed by atoms with van der Waals surface area (Å²) in [5.74, 6) is 1.29. The molecule has 0 aliphatic carbocycles. The van der Waals surface area contributed by atoms with Crippen LogP contribution in [0.25, 0.3) is 0 Å². The molecule has 0 bridgehead atoms. The number of hydrogen-bond acceptors (Lipinski definition) is 4. The van der Waals surface area contributed by atoms with Crippen molar-refractivity contribution in [3.63, 3.8) is 0 Å². The summed E-state index contributed by atoms with van der Waals surface area (Å²) in [4.78, 5) is 4.28.